The fourth-order valence-electron chi connectivity index (χ4n) is 4.99. The molecule has 0 heterocycles. The first-order chi connectivity index (χ1) is 20.6. The molecule has 0 fully saturated rings. The largest absolute Gasteiger partial charge is 0.273 e. The quantitative estimate of drug-likeness (QED) is 0.164. The van der Waals surface area contributed by atoms with Crippen molar-refractivity contribution in [1.82, 2.24) is 0 Å². The number of rotatable bonds is 2. The Morgan fingerprint density at radius 3 is 1.95 bits per heavy atom. The van der Waals surface area contributed by atoms with Gasteiger partial charge in [0.05, 0.1) is 0 Å². The van der Waals surface area contributed by atoms with Gasteiger partial charge in [0, 0.05) is 0 Å². The van der Waals surface area contributed by atoms with Crippen molar-refractivity contribution in [1.29, 1.82) is 0 Å². The SMILES string of the molecule is CC(C)(C)c1[c-]c2c(cc1)-c1ccc(C(C)(C)C)cc1C2.FC(F)(F)c1cccc([C](=[Zr+2])c2ccccc2)c1.[C-]1=CC=CC1. The van der Waals surface area contributed by atoms with Crippen LogP contribution >= 0.6 is 0 Å². The Hall–Kier alpha value is -3.10. The van der Waals surface area contributed by atoms with Gasteiger partial charge in [0.2, 0.25) is 0 Å². The van der Waals surface area contributed by atoms with E-state index in [1.165, 1.54) is 45.5 Å². The average Bonchev–Trinajstić information content (AvgIpc) is 3.68. The number of fused-ring (bicyclic) bond motifs is 3. The number of hydrogen-bond donors (Lipinski definition) is 0. The van der Waals surface area contributed by atoms with Crippen LogP contribution in [0.3, 0.4) is 0 Å². The minimum atomic E-state index is -4.29. The monoisotopic (exact) mass is 666 g/mol. The summed E-state index contributed by atoms with van der Waals surface area (Å²) in [7, 11) is 0. The van der Waals surface area contributed by atoms with Crippen molar-refractivity contribution in [3.05, 3.63) is 154 Å². The molecule has 0 N–H and O–H groups in total. The Labute approximate surface area is 276 Å². The number of benzene rings is 4. The van der Waals surface area contributed by atoms with Gasteiger partial charge in [-0.2, -0.15) is 29.8 Å². The second-order valence-electron chi connectivity index (χ2n) is 13.1. The summed E-state index contributed by atoms with van der Waals surface area (Å²) in [5, 5.41) is 0. The number of halogens is 3. The summed E-state index contributed by atoms with van der Waals surface area (Å²) in [4.78, 5) is 0. The zero-order chi connectivity index (χ0) is 32.1. The van der Waals surface area contributed by atoms with Gasteiger partial charge in [0.1, 0.15) is 0 Å². The molecule has 0 aromatic heterocycles. The summed E-state index contributed by atoms with van der Waals surface area (Å²) in [5.74, 6) is 0. The van der Waals surface area contributed by atoms with E-state index in [0.29, 0.717) is 5.56 Å². The van der Waals surface area contributed by atoms with Crippen molar-refractivity contribution in [2.75, 3.05) is 0 Å². The molecule has 0 aliphatic heterocycles. The molecule has 4 aromatic rings. The molecule has 0 unspecified atom stereocenters. The van der Waals surface area contributed by atoms with Gasteiger partial charge in [-0.25, -0.2) is 12.2 Å². The molecule has 4 aromatic carbocycles. The molecule has 0 saturated heterocycles. The van der Waals surface area contributed by atoms with Crippen molar-refractivity contribution >= 4 is 3.21 Å². The van der Waals surface area contributed by atoms with Crippen molar-refractivity contribution in [2.24, 2.45) is 0 Å². The second-order valence-corrected chi connectivity index (χ2v) is 14.4. The summed E-state index contributed by atoms with van der Waals surface area (Å²) < 4.78 is 38.8. The molecule has 224 valence electrons. The van der Waals surface area contributed by atoms with E-state index in [-0.39, 0.29) is 10.8 Å². The van der Waals surface area contributed by atoms with Gasteiger partial charge in [-0.1, -0.05) is 65.3 Å². The molecule has 6 rings (SSSR count). The third kappa shape index (κ3) is 8.75. The molecule has 2 aliphatic carbocycles. The first-order valence-corrected chi connectivity index (χ1v) is 16.1. The van der Waals surface area contributed by atoms with E-state index >= 15 is 0 Å². The standard InChI is InChI=1S/C21H25.C14H9F3.C5H5.Zr/c1-20(2,3)16-7-9-18-14(12-16)11-15-13-17(21(4,5)6)8-10-19(15)18;15-14(16,17)13-8-4-7-12(10-13)9-11-5-2-1-3-6-11;1-2-4-5-3-1;/h7-10,12H,11H2,1-6H3;1-8,10H;1-3H,4H2;/q-1;;-1;+2. The number of allylic oxidation sites excluding steroid dienone is 4. The van der Waals surface area contributed by atoms with Crippen molar-refractivity contribution in [3.63, 3.8) is 0 Å². The number of hydrogen-bond acceptors (Lipinski definition) is 0. The van der Waals surface area contributed by atoms with E-state index in [4.69, 9.17) is 0 Å². The maximum atomic E-state index is 12.6. The zero-order valence-corrected chi connectivity index (χ0v) is 28.8. The van der Waals surface area contributed by atoms with E-state index in [0.717, 1.165) is 51.9 Å². The fraction of sp³-hybridized carbons (Fsp3) is 0.275. The van der Waals surface area contributed by atoms with Gasteiger partial charge in [-0.05, 0) is 28.4 Å². The van der Waals surface area contributed by atoms with E-state index < -0.39 is 11.7 Å². The first-order valence-electron chi connectivity index (χ1n) is 14.9. The predicted molar refractivity (Wildman–Crippen MR) is 174 cm³/mol. The topological polar surface area (TPSA) is 0 Å². The van der Waals surface area contributed by atoms with Crippen LogP contribution in [-0.2, 0) is 47.7 Å². The van der Waals surface area contributed by atoms with Gasteiger partial charge in [-0.15, -0.1) is 17.5 Å². The molecule has 0 radical (unpaired) electrons. The Balaban J connectivity index is 0.000000175. The maximum Gasteiger partial charge on any atom is -0.109 e. The minimum absolute atomic E-state index is 0.167. The van der Waals surface area contributed by atoms with E-state index in [9.17, 15) is 13.2 Å². The summed E-state index contributed by atoms with van der Waals surface area (Å²) in [6.07, 6.45) is 6.74. The van der Waals surface area contributed by atoms with Crippen molar-refractivity contribution < 1.29 is 37.4 Å². The van der Waals surface area contributed by atoms with Gasteiger partial charge in [0.25, 0.3) is 0 Å². The van der Waals surface area contributed by atoms with Crippen molar-refractivity contribution in [2.45, 2.75) is 71.4 Å². The normalized spacial score (nSPS) is 13.3. The van der Waals surface area contributed by atoms with Crippen LogP contribution in [0.2, 0.25) is 0 Å². The smallest absolute Gasteiger partial charge is 0.109 e. The van der Waals surface area contributed by atoms with Crippen LogP contribution < -0.4 is 0 Å². The molecule has 0 atom stereocenters. The Morgan fingerprint density at radius 2 is 1.39 bits per heavy atom. The Kier molecular flexibility index (Phi) is 10.7. The van der Waals surface area contributed by atoms with Crippen LogP contribution in [0.15, 0.2) is 103 Å². The van der Waals surface area contributed by atoms with Crippen LogP contribution in [0.1, 0.15) is 86.9 Å². The molecule has 0 saturated carbocycles. The minimum Gasteiger partial charge on any atom is -0.273 e. The van der Waals surface area contributed by atoms with Gasteiger partial charge in [0.15, 0.2) is 0 Å². The average molecular weight is 668 g/mol. The van der Waals surface area contributed by atoms with Crippen LogP contribution in [0, 0.1) is 12.1 Å². The van der Waals surface area contributed by atoms with E-state index in [2.05, 4.69) is 90.1 Å². The van der Waals surface area contributed by atoms with Crippen LogP contribution in [0.25, 0.3) is 11.1 Å². The third-order valence-electron chi connectivity index (χ3n) is 7.59. The molecular weight excluding hydrogens is 629 g/mol. The van der Waals surface area contributed by atoms with Crippen molar-refractivity contribution in [3.8, 4) is 11.1 Å². The molecule has 0 spiro atoms. The second kappa shape index (κ2) is 13.9. The van der Waals surface area contributed by atoms with Gasteiger partial charge in [-0.3, -0.25) is 6.08 Å². The molecule has 0 amide bonds. The van der Waals surface area contributed by atoms with Crippen LogP contribution in [0.4, 0.5) is 13.2 Å². The molecule has 2 aliphatic rings. The molecule has 44 heavy (non-hydrogen) atoms. The zero-order valence-electron chi connectivity index (χ0n) is 26.4. The fourth-order valence-corrected chi connectivity index (χ4v) is 5.78. The Bertz CT molecular complexity index is 1590. The van der Waals surface area contributed by atoms with Gasteiger partial charge < -0.3 is 0 Å². The molecular formula is C40H39F3Zr. The predicted octanol–water partition coefficient (Wildman–Crippen LogP) is 10.8. The summed E-state index contributed by atoms with van der Waals surface area (Å²) >= 11 is 1.09. The van der Waals surface area contributed by atoms with Crippen LogP contribution in [0.5, 0.6) is 0 Å². The first kappa shape index (κ1) is 33.8. The molecule has 0 bridgehead atoms. The summed E-state index contributed by atoms with van der Waals surface area (Å²) in [6, 6.07) is 30.1. The molecule has 4 heteroatoms. The van der Waals surface area contributed by atoms with E-state index in [1.807, 2.05) is 42.5 Å². The number of alkyl halides is 3. The van der Waals surface area contributed by atoms with E-state index in [1.54, 1.807) is 6.07 Å². The van der Waals surface area contributed by atoms with Gasteiger partial charge >= 0.3 is 118 Å². The van der Waals surface area contributed by atoms with Crippen LogP contribution in [-0.4, -0.2) is 3.21 Å². The third-order valence-corrected chi connectivity index (χ3v) is 9.01. The summed E-state index contributed by atoms with van der Waals surface area (Å²) in [5.41, 5.74) is 9.71. The maximum absolute atomic E-state index is 12.6. The Morgan fingerprint density at radius 1 is 0.705 bits per heavy atom. The molecule has 0 nitrogen and oxygen atoms in total. The summed E-state index contributed by atoms with van der Waals surface area (Å²) in [6.45, 7) is 13.6.